The van der Waals surface area contributed by atoms with Crippen LogP contribution in [0.3, 0.4) is 0 Å². The van der Waals surface area contributed by atoms with Crippen LogP contribution < -0.4 is 14.2 Å². The summed E-state index contributed by atoms with van der Waals surface area (Å²) in [6.45, 7) is 0. The number of methoxy groups -OCH3 is 3. The Morgan fingerprint density at radius 1 is 1.00 bits per heavy atom. The Labute approximate surface area is 132 Å². The van der Waals surface area contributed by atoms with E-state index in [1.165, 1.54) is 26.0 Å². The van der Waals surface area contributed by atoms with Crippen LogP contribution in [0.2, 0.25) is 0 Å². The number of ether oxygens (including phenoxy) is 3. The number of rotatable bonds is 4. The molecule has 0 unspecified atom stereocenters. The second-order valence-electron chi connectivity index (χ2n) is 4.70. The van der Waals surface area contributed by atoms with Gasteiger partial charge in [-0.15, -0.1) is 5.10 Å². The van der Waals surface area contributed by atoms with Crippen molar-refractivity contribution in [3.05, 3.63) is 42.0 Å². The van der Waals surface area contributed by atoms with Gasteiger partial charge in [-0.1, -0.05) is 17.3 Å². The predicted octanol–water partition coefficient (Wildman–Crippen LogP) is 2.15. The molecule has 1 heterocycles. The van der Waals surface area contributed by atoms with Crippen LogP contribution in [0.25, 0.3) is 11.0 Å². The summed E-state index contributed by atoms with van der Waals surface area (Å²) in [6, 6.07) is 10.5. The van der Waals surface area contributed by atoms with Crippen LogP contribution in [0.4, 0.5) is 0 Å². The zero-order valence-electron chi connectivity index (χ0n) is 12.9. The van der Waals surface area contributed by atoms with Crippen molar-refractivity contribution in [2.24, 2.45) is 0 Å². The molecule has 0 amide bonds. The van der Waals surface area contributed by atoms with Crippen LogP contribution in [0.1, 0.15) is 10.4 Å². The van der Waals surface area contributed by atoms with Gasteiger partial charge in [0.25, 0.3) is 5.91 Å². The first-order chi connectivity index (χ1) is 11.2. The highest BCUT2D eigenvalue weighted by Crippen LogP contribution is 2.34. The lowest BCUT2D eigenvalue weighted by molar-refractivity contribution is 0.0941. The van der Waals surface area contributed by atoms with Gasteiger partial charge in [-0.2, -0.15) is 4.68 Å². The Hall–Kier alpha value is -3.09. The third-order valence-corrected chi connectivity index (χ3v) is 3.47. The van der Waals surface area contributed by atoms with E-state index in [1.54, 1.807) is 24.3 Å². The van der Waals surface area contributed by atoms with E-state index >= 15 is 0 Å². The van der Waals surface area contributed by atoms with Gasteiger partial charge in [0, 0.05) is 12.1 Å². The Balaban J connectivity index is 2.19. The summed E-state index contributed by atoms with van der Waals surface area (Å²) < 4.78 is 17.1. The smallest absolute Gasteiger partial charge is 0.287 e. The summed E-state index contributed by atoms with van der Waals surface area (Å²) in [5.41, 5.74) is 1.50. The summed E-state index contributed by atoms with van der Waals surface area (Å²) in [4.78, 5) is 12.9. The van der Waals surface area contributed by atoms with Gasteiger partial charge < -0.3 is 14.2 Å². The van der Waals surface area contributed by atoms with Crippen molar-refractivity contribution in [2.75, 3.05) is 21.3 Å². The number of hydrogen-bond acceptors (Lipinski definition) is 6. The molecule has 0 atom stereocenters. The number of nitrogens with zero attached hydrogens (tertiary/aromatic N) is 3. The summed E-state index contributed by atoms with van der Waals surface area (Å²) in [7, 11) is 4.48. The topological polar surface area (TPSA) is 75.5 Å². The first-order valence-corrected chi connectivity index (χ1v) is 6.84. The molecule has 0 spiro atoms. The number of benzene rings is 2. The molecule has 1 aromatic heterocycles. The molecular weight excluding hydrogens is 298 g/mol. The monoisotopic (exact) mass is 313 g/mol. The molecule has 0 aliphatic carbocycles. The lowest BCUT2D eigenvalue weighted by Crippen LogP contribution is -2.16. The maximum Gasteiger partial charge on any atom is 0.287 e. The second kappa shape index (κ2) is 5.96. The molecule has 7 nitrogen and oxygen atoms in total. The summed E-state index contributed by atoms with van der Waals surface area (Å²) in [5, 5.41) is 7.94. The molecule has 0 radical (unpaired) electrons. The molecule has 2 aromatic carbocycles. The summed E-state index contributed by atoms with van der Waals surface area (Å²) in [5.74, 6) is 0.810. The first-order valence-electron chi connectivity index (χ1n) is 6.84. The molecule has 23 heavy (non-hydrogen) atoms. The maximum absolute atomic E-state index is 12.9. The van der Waals surface area contributed by atoms with Crippen LogP contribution in [-0.2, 0) is 0 Å². The van der Waals surface area contributed by atoms with E-state index < -0.39 is 5.91 Å². The van der Waals surface area contributed by atoms with Gasteiger partial charge in [0.2, 0.25) is 0 Å². The van der Waals surface area contributed by atoms with Crippen LogP contribution in [0.15, 0.2) is 36.4 Å². The van der Waals surface area contributed by atoms with Crippen molar-refractivity contribution in [1.29, 1.82) is 0 Å². The minimum Gasteiger partial charge on any atom is -0.496 e. The van der Waals surface area contributed by atoms with Crippen molar-refractivity contribution in [3.63, 3.8) is 0 Å². The molecule has 3 aromatic rings. The van der Waals surface area contributed by atoms with Gasteiger partial charge in [0.05, 0.1) is 26.8 Å². The Kier molecular flexibility index (Phi) is 3.84. The van der Waals surface area contributed by atoms with Crippen LogP contribution in [0, 0.1) is 0 Å². The molecule has 7 heteroatoms. The average Bonchev–Trinajstić information content (AvgIpc) is 3.03. The summed E-state index contributed by atoms with van der Waals surface area (Å²) in [6.07, 6.45) is 0. The van der Waals surface area contributed by atoms with Crippen LogP contribution in [-0.4, -0.2) is 42.2 Å². The number of carbonyl (C=O) groups excluding carboxylic acids is 1. The quantitative estimate of drug-likeness (QED) is 0.734. The van der Waals surface area contributed by atoms with Crippen LogP contribution in [0.5, 0.6) is 17.2 Å². The molecule has 3 rings (SSSR count). The van der Waals surface area contributed by atoms with E-state index in [4.69, 9.17) is 14.2 Å². The van der Waals surface area contributed by atoms with E-state index in [9.17, 15) is 4.79 Å². The third kappa shape index (κ3) is 2.46. The fourth-order valence-corrected chi connectivity index (χ4v) is 2.34. The third-order valence-electron chi connectivity index (χ3n) is 3.47. The molecule has 0 aliphatic heterocycles. The number of fused-ring (bicyclic) bond motifs is 1. The van der Waals surface area contributed by atoms with E-state index in [0.29, 0.717) is 28.3 Å². The molecular formula is C16H15N3O4. The number of aromatic nitrogens is 3. The van der Waals surface area contributed by atoms with Gasteiger partial charge in [-0.25, -0.2) is 0 Å². The molecule has 0 saturated heterocycles. The van der Waals surface area contributed by atoms with E-state index in [0.717, 1.165) is 0 Å². The first kappa shape index (κ1) is 14.8. The average molecular weight is 313 g/mol. The zero-order valence-corrected chi connectivity index (χ0v) is 12.9. The highest BCUT2D eigenvalue weighted by molar-refractivity contribution is 6.04. The van der Waals surface area contributed by atoms with E-state index in [2.05, 4.69) is 10.3 Å². The largest absolute Gasteiger partial charge is 0.496 e. The minimum atomic E-state index is -0.393. The SMILES string of the molecule is COc1cc(OC)c(C(=O)n2nnc3ccccc32)c(OC)c1. The highest BCUT2D eigenvalue weighted by atomic mass is 16.5. The normalized spacial score (nSPS) is 10.6. The number of carbonyl (C=O) groups is 1. The van der Waals surface area contributed by atoms with Crippen molar-refractivity contribution in [3.8, 4) is 17.2 Å². The molecule has 0 saturated carbocycles. The zero-order chi connectivity index (χ0) is 16.4. The van der Waals surface area contributed by atoms with Gasteiger partial charge in [0.15, 0.2) is 0 Å². The Bertz CT molecular complexity index is 848. The fourth-order valence-electron chi connectivity index (χ4n) is 2.34. The fraction of sp³-hybridized carbons (Fsp3) is 0.188. The van der Waals surface area contributed by atoms with Gasteiger partial charge >= 0.3 is 0 Å². The maximum atomic E-state index is 12.9. The lowest BCUT2D eigenvalue weighted by Gasteiger charge is -2.14. The van der Waals surface area contributed by atoms with Crippen molar-refractivity contribution >= 4 is 16.9 Å². The minimum absolute atomic E-state index is 0.256. The molecule has 118 valence electrons. The number of hydrogen-bond donors (Lipinski definition) is 0. The van der Waals surface area contributed by atoms with Crippen molar-refractivity contribution < 1.29 is 19.0 Å². The van der Waals surface area contributed by atoms with Gasteiger partial charge in [-0.05, 0) is 12.1 Å². The highest BCUT2D eigenvalue weighted by Gasteiger charge is 2.24. The Morgan fingerprint density at radius 2 is 1.65 bits per heavy atom. The second-order valence-corrected chi connectivity index (χ2v) is 4.70. The summed E-state index contributed by atoms with van der Waals surface area (Å²) >= 11 is 0. The molecule has 0 N–H and O–H groups in total. The van der Waals surface area contributed by atoms with Crippen molar-refractivity contribution in [1.82, 2.24) is 15.0 Å². The van der Waals surface area contributed by atoms with Crippen LogP contribution >= 0.6 is 0 Å². The van der Waals surface area contributed by atoms with Crippen molar-refractivity contribution in [2.45, 2.75) is 0 Å². The molecule has 0 aliphatic rings. The van der Waals surface area contributed by atoms with Gasteiger partial charge in [0.1, 0.15) is 28.3 Å². The molecule has 0 fully saturated rings. The van der Waals surface area contributed by atoms with Gasteiger partial charge in [-0.3, -0.25) is 4.79 Å². The lowest BCUT2D eigenvalue weighted by atomic mass is 10.1. The molecule has 0 bridgehead atoms. The van der Waals surface area contributed by atoms with E-state index in [1.807, 2.05) is 12.1 Å². The predicted molar refractivity (Wildman–Crippen MR) is 83.4 cm³/mol. The van der Waals surface area contributed by atoms with E-state index in [-0.39, 0.29) is 5.56 Å². The number of para-hydroxylation sites is 1. The Morgan fingerprint density at radius 3 is 2.26 bits per heavy atom. The standard InChI is InChI=1S/C16H15N3O4/c1-21-10-8-13(22-2)15(14(9-10)23-3)16(20)19-12-7-5-4-6-11(12)17-18-19/h4-9H,1-3H3.